The van der Waals surface area contributed by atoms with E-state index in [1.165, 1.54) is 14.2 Å². The van der Waals surface area contributed by atoms with Gasteiger partial charge < -0.3 is 9.47 Å². The number of esters is 2. The van der Waals surface area contributed by atoms with E-state index in [9.17, 15) is 9.59 Å². The van der Waals surface area contributed by atoms with E-state index in [1.54, 1.807) is 12.2 Å². The molecule has 0 spiro atoms. The first kappa shape index (κ1) is 12.2. The smallest absolute Gasteiger partial charge is 0.359 e. The SMILES string of the molecule is COC(=O)C1=CC2=C(C(=O)OC)N=NC2=C[C@@H]1C. The number of hydrogen-bond donors (Lipinski definition) is 0. The fourth-order valence-corrected chi connectivity index (χ4v) is 1.82. The number of rotatable bonds is 2. The van der Waals surface area contributed by atoms with Crippen molar-refractivity contribution in [1.29, 1.82) is 0 Å². The molecule has 1 atom stereocenters. The first-order valence-electron chi connectivity index (χ1n) is 5.35. The van der Waals surface area contributed by atoms with Crippen LogP contribution in [0.1, 0.15) is 6.92 Å². The molecule has 0 saturated heterocycles. The Hall–Kier alpha value is -2.24. The van der Waals surface area contributed by atoms with Gasteiger partial charge >= 0.3 is 11.9 Å². The van der Waals surface area contributed by atoms with Crippen molar-refractivity contribution < 1.29 is 19.1 Å². The molecule has 0 fully saturated rings. The van der Waals surface area contributed by atoms with Gasteiger partial charge in [-0.05, 0) is 12.2 Å². The van der Waals surface area contributed by atoms with Crippen LogP contribution in [0, 0.1) is 5.92 Å². The van der Waals surface area contributed by atoms with Crippen molar-refractivity contribution in [2.75, 3.05) is 14.2 Å². The molecule has 0 bridgehead atoms. The first-order valence-corrected chi connectivity index (χ1v) is 5.35. The molecule has 0 amide bonds. The Morgan fingerprint density at radius 1 is 1.17 bits per heavy atom. The number of nitrogens with zero attached hydrogens (tertiary/aromatic N) is 2. The number of methoxy groups -OCH3 is 2. The van der Waals surface area contributed by atoms with Crippen LogP contribution in [-0.4, -0.2) is 26.2 Å². The molecule has 0 radical (unpaired) electrons. The second-order valence-electron chi connectivity index (χ2n) is 3.89. The second kappa shape index (κ2) is 4.56. The largest absolute Gasteiger partial charge is 0.466 e. The number of azo groups is 1. The fourth-order valence-electron chi connectivity index (χ4n) is 1.82. The molecule has 6 nitrogen and oxygen atoms in total. The van der Waals surface area contributed by atoms with Gasteiger partial charge in [0.1, 0.15) is 0 Å². The Labute approximate surface area is 104 Å². The van der Waals surface area contributed by atoms with E-state index in [-0.39, 0.29) is 11.6 Å². The fraction of sp³-hybridized carbons (Fsp3) is 0.333. The number of ether oxygens (including phenoxy) is 2. The number of carbonyl (C=O) groups is 2. The highest BCUT2D eigenvalue weighted by Gasteiger charge is 2.30. The van der Waals surface area contributed by atoms with Crippen LogP contribution in [0.3, 0.4) is 0 Å². The predicted molar refractivity (Wildman–Crippen MR) is 61.2 cm³/mol. The minimum atomic E-state index is -0.577. The maximum Gasteiger partial charge on any atom is 0.359 e. The van der Waals surface area contributed by atoms with Gasteiger partial charge in [0.25, 0.3) is 0 Å². The Morgan fingerprint density at radius 2 is 1.83 bits per heavy atom. The van der Waals surface area contributed by atoms with E-state index in [2.05, 4.69) is 15.0 Å². The number of allylic oxidation sites excluding steroid dienone is 2. The molecule has 18 heavy (non-hydrogen) atoms. The summed E-state index contributed by atoms with van der Waals surface area (Å²) < 4.78 is 9.30. The van der Waals surface area contributed by atoms with Gasteiger partial charge in [-0.1, -0.05) is 6.92 Å². The van der Waals surface area contributed by atoms with Crippen molar-refractivity contribution in [3.63, 3.8) is 0 Å². The highest BCUT2D eigenvalue weighted by atomic mass is 16.5. The van der Waals surface area contributed by atoms with E-state index in [1.807, 2.05) is 6.92 Å². The Kier molecular flexibility index (Phi) is 3.10. The summed E-state index contributed by atoms with van der Waals surface area (Å²) >= 11 is 0. The lowest BCUT2D eigenvalue weighted by Crippen LogP contribution is -2.15. The van der Waals surface area contributed by atoms with Crippen LogP contribution in [0.2, 0.25) is 0 Å². The number of hydrogen-bond acceptors (Lipinski definition) is 6. The van der Waals surface area contributed by atoms with Gasteiger partial charge in [0.15, 0.2) is 5.70 Å². The molecule has 2 rings (SSSR count). The average molecular weight is 248 g/mol. The van der Waals surface area contributed by atoms with Gasteiger partial charge in [0, 0.05) is 17.1 Å². The van der Waals surface area contributed by atoms with Crippen LogP contribution in [0.15, 0.2) is 44.9 Å². The van der Waals surface area contributed by atoms with E-state index in [4.69, 9.17) is 4.74 Å². The molecule has 94 valence electrons. The summed E-state index contributed by atoms with van der Waals surface area (Å²) in [5.41, 5.74) is 1.65. The lowest BCUT2D eigenvalue weighted by atomic mass is 9.90. The van der Waals surface area contributed by atoms with Crippen molar-refractivity contribution in [2.24, 2.45) is 16.1 Å². The van der Waals surface area contributed by atoms with E-state index in [0.717, 1.165) is 0 Å². The Morgan fingerprint density at radius 3 is 2.44 bits per heavy atom. The molecule has 0 aromatic carbocycles. The molecule has 0 aromatic heterocycles. The summed E-state index contributed by atoms with van der Waals surface area (Å²) in [5.74, 6) is -1.14. The minimum absolute atomic E-state index is 0.108. The minimum Gasteiger partial charge on any atom is -0.466 e. The van der Waals surface area contributed by atoms with Crippen molar-refractivity contribution in [1.82, 2.24) is 0 Å². The summed E-state index contributed by atoms with van der Waals surface area (Å²) in [6.07, 6.45) is 3.35. The average Bonchev–Trinajstić information content (AvgIpc) is 2.78. The van der Waals surface area contributed by atoms with Crippen LogP contribution in [-0.2, 0) is 19.1 Å². The van der Waals surface area contributed by atoms with Gasteiger partial charge in [-0.3, -0.25) is 0 Å². The van der Waals surface area contributed by atoms with Crippen molar-refractivity contribution in [3.8, 4) is 0 Å². The van der Waals surface area contributed by atoms with Crippen molar-refractivity contribution in [2.45, 2.75) is 6.92 Å². The first-order chi connectivity index (χ1) is 8.58. The number of carbonyl (C=O) groups excluding carboxylic acids is 2. The van der Waals surface area contributed by atoms with Crippen molar-refractivity contribution >= 4 is 11.9 Å². The highest BCUT2D eigenvalue weighted by molar-refractivity contribution is 5.95. The molecular formula is C12H12N2O4. The summed E-state index contributed by atoms with van der Waals surface area (Å²) in [4.78, 5) is 23.1. The van der Waals surface area contributed by atoms with Gasteiger partial charge in [-0.2, -0.15) is 0 Å². The van der Waals surface area contributed by atoms with E-state index in [0.29, 0.717) is 16.8 Å². The zero-order chi connectivity index (χ0) is 13.3. The van der Waals surface area contributed by atoms with Crippen LogP contribution in [0.5, 0.6) is 0 Å². The lowest BCUT2D eigenvalue weighted by Gasteiger charge is -2.16. The Bertz CT molecular complexity index is 540. The van der Waals surface area contributed by atoms with Crippen LogP contribution >= 0.6 is 0 Å². The summed E-state index contributed by atoms with van der Waals surface area (Å²) in [6, 6.07) is 0. The maximum atomic E-state index is 11.6. The molecule has 1 heterocycles. The predicted octanol–water partition coefficient (Wildman–Crippen LogP) is 1.51. The van der Waals surface area contributed by atoms with Gasteiger partial charge in [-0.15, -0.1) is 10.2 Å². The summed E-state index contributed by atoms with van der Waals surface area (Å²) in [6.45, 7) is 1.85. The summed E-state index contributed by atoms with van der Waals surface area (Å²) in [5, 5.41) is 7.66. The molecule has 1 aliphatic carbocycles. The van der Waals surface area contributed by atoms with Crippen molar-refractivity contribution in [3.05, 3.63) is 34.7 Å². The van der Waals surface area contributed by atoms with Gasteiger partial charge in [-0.25, -0.2) is 9.59 Å². The quantitative estimate of drug-likeness (QED) is 0.694. The van der Waals surface area contributed by atoms with Crippen LogP contribution in [0.4, 0.5) is 0 Å². The van der Waals surface area contributed by atoms with Crippen LogP contribution < -0.4 is 0 Å². The molecule has 0 unspecified atom stereocenters. The van der Waals surface area contributed by atoms with Gasteiger partial charge in [0.2, 0.25) is 0 Å². The zero-order valence-corrected chi connectivity index (χ0v) is 10.3. The normalized spacial score (nSPS) is 21.2. The number of fused-ring (bicyclic) bond motifs is 1. The topological polar surface area (TPSA) is 77.3 Å². The molecule has 0 saturated carbocycles. The third-order valence-electron chi connectivity index (χ3n) is 2.79. The molecule has 0 aromatic rings. The van der Waals surface area contributed by atoms with Crippen LogP contribution in [0.25, 0.3) is 0 Å². The van der Waals surface area contributed by atoms with E-state index < -0.39 is 11.9 Å². The highest BCUT2D eigenvalue weighted by Crippen LogP contribution is 2.35. The third kappa shape index (κ3) is 1.85. The third-order valence-corrected chi connectivity index (χ3v) is 2.79. The molecule has 0 N–H and O–H groups in total. The Balaban J connectivity index is 2.47. The van der Waals surface area contributed by atoms with Gasteiger partial charge in [0.05, 0.1) is 19.9 Å². The summed E-state index contributed by atoms with van der Waals surface area (Å²) in [7, 11) is 2.58. The molecule has 2 aliphatic rings. The molecule has 1 aliphatic heterocycles. The second-order valence-corrected chi connectivity index (χ2v) is 3.89. The monoisotopic (exact) mass is 248 g/mol. The maximum absolute atomic E-state index is 11.6. The van der Waals surface area contributed by atoms with E-state index >= 15 is 0 Å². The standard InChI is InChI=1S/C12H12N2O4/c1-6-4-9-8(5-7(6)11(15)17-2)10(14-13-9)12(16)18-3/h4-6H,1-3H3/t6-/m0/s1. The zero-order valence-electron chi connectivity index (χ0n) is 10.3. The lowest BCUT2D eigenvalue weighted by molar-refractivity contribution is -0.137. The molecular weight excluding hydrogens is 236 g/mol. The molecule has 6 heteroatoms.